The van der Waals surface area contributed by atoms with Crippen molar-refractivity contribution in [3.8, 4) is 0 Å². The van der Waals surface area contributed by atoms with Gasteiger partial charge in [0.25, 0.3) is 10.1 Å². The Hall–Kier alpha value is -2.56. The Bertz CT molecular complexity index is 1130. The summed E-state index contributed by atoms with van der Waals surface area (Å²) in [6.07, 6.45) is 3.89. The highest BCUT2D eigenvalue weighted by molar-refractivity contribution is 7.89. The highest BCUT2D eigenvalue weighted by Crippen LogP contribution is 2.28. The van der Waals surface area contributed by atoms with Gasteiger partial charge in [0, 0.05) is 18.9 Å². The van der Waals surface area contributed by atoms with Crippen LogP contribution in [0.4, 0.5) is 5.69 Å². The van der Waals surface area contributed by atoms with Crippen molar-refractivity contribution in [1.29, 1.82) is 0 Å². The first-order valence-electron chi connectivity index (χ1n) is 8.08. The number of nitrogens with zero attached hydrogens (tertiary/aromatic N) is 2. The van der Waals surface area contributed by atoms with E-state index >= 15 is 0 Å². The van der Waals surface area contributed by atoms with Gasteiger partial charge in [0.2, 0.25) is 0 Å². The van der Waals surface area contributed by atoms with E-state index in [-0.39, 0.29) is 0 Å². The number of para-hydroxylation sites is 3. The van der Waals surface area contributed by atoms with Crippen molar-refractivity contribution in [2.45, 2.75) is 6.42 Å². The predicted molar refractivity (Wildman–Crippen MR) is 111 cm³/mol. The van der Waals surface area contributed by atoms with Gasteiger partial charge in [-0.25, -0.2) is 18.4 Å². The van der Waals surface area contributed by atoms with E-state index in [0.717, 1.165) is 47.2 Å². The number of imidazole rings is 1. The van der Waals surface area contributed by atoms with Crippen molar-refractivity contribution >= 4 is 42.4 Å². The molecule has 3 aromatic rings. The van der Waals surface area contributed by atoms with E-state index in [0.29, 0.717) is 6.26 Å². The number of hydrogen-bond donors (Lipinski definition) is 2. The van der Waals surface area contributed by atoms with Crippen molar-refractivity contribution in [1.82, 2.24) is 9.97 Å². The molecule has 0 radical (unpaired) electrons. The zero-order valence-electron chi connectivity index (χ0n) is 15.6. The number of aromatic amines is 1. The lowest BCUT2D eigenvalue weighted by Gasteiger charge is -1.93. The van der Waals surface area contributed by atoms with Crippen LogP contribution in [0.3, 0.4) is 0 Å². The van der Waals surface area contributed by atoms with Crippen molar-refractivity contribution in [2.75, 3.05) is 18.8 Å². The predicted octanol–water partition coefficient (Wildman–Crippen LogP) is 2.40. The maximum Gasteiger partial charge on any atom is 0.261 e. The van der Waals surface area contributed by atoms with Crippen molar-refractivity contribution in [3.63, 3.8) is 0 Å². The van der Waals surface area contributed by atoms with Crippen LogP contribution < -0.4 is 0 Å². The van der Waals surface area contributed by atoms with Crippen molar-refractivity contribution < 1.29 is 21.4 Å². The largest absolute Gasteiger partial charge is 0.337 e. The molecule has 0 amide bonds. The Balaban J connectivity index is 0.000000237. The lowest BCUT2D eigenvalue weighted by Crippen LogP contribution is -2.02. The number of benzene rings is 2. The average molecular weight is 424 g/mol. The fourth-order valence-corrected chi connectivity index (χ4v) is 2.36. The number of rotatable bonds is 1. The summed E-state index contributed by atoms with van der Waals surface area (Å²) >= 11 is 0. The molecule has 0 bridgehead atoms. The summed E-state index contributed by atoms with van der Waals surface area (Å²) in [5, 5.41) is 0. The first-order valence-corrected chi connectivity index (χ1v) is 12.2. The van der Waals surface area contributed by atoms with Gasteiger partial charge in [-0.2, -0.15) is 8.42 Å². The van der Waals surface area contributed by atoms with E-state index in [1.54, 1.807) is 0 Å². The van der Waals surface area contributed by atoms with Gasteiger partial charge in [0.15, 0.2) is 5.82 Å². The lowest BCUT2D eigenvalue weighted by molar-refractivity contribution is 0.490. The smallest absolute Gasteiger partial charge is 0.261 e. The number of aromatic nitrogens is 2. The van der Waals surface area contributed by atoms with Gasteiger partial charge in [-0.15, -0.1) is 0 Å². The zero-order chi connectivity index (χ0) is 20.9. The van der Waals surface area contributed by atoms with Crippen LogP contribution in [0.15, 0.2) is 53.5 Å². The van der Waals surface area contributed by atoms with Gasteiger partial charge in [0.05, 0.1) is 28.7 Å². The average Bonchev–Trinajstić information content (AvgIpc) is 3.15. The zero-order valence-corrected chi connectivity index (χ0v) is 17.3. The summed E-state index contributed by atoms with van der Waals surface area (Å²) in [5.74, 6) is 0.882. The molecule has 2 heterocycles. The molecule has 1 aliphatic heterocycles. The van der Waals surface area contributed by atoms with Crippen LogP contribution in [-0.4, -0.2) is 55.8 Å². The Morgan fingerprint density at radius 3 is 2.04 bits per heavy atom. The Morgan fingerprint density at radius 1 is 0.929 bits per heavy atom. The van der Waals surface area contributed by atoms with E-state index in [9.17, 15) is 16.8 Å². The number of aliphatic imine (C=N–C) groups is 1. The van der Waals surface area contributed by atoms with Gasteiger partial charge in [-0.1, -0.05) is 30.3 Å². The molecule has 8 nitrogen and oxygen atoms in total. The van der Waals surface area contributed by atoms with Crippen LogP contribution in [0.1, 0.15) is 11.4 Å². The number of fused-ring (bicyclic) bond motifs is 2. The summed E-state index contributed by atoms with van der Waals surface area (Å²) in [4.78, 5) is 12.6. The SMILES string of the molecule is CS(=O)(=O)O.CS(C)(=O)=O.c1ccc2c(c1)CC(c1nc3ccccc3[nH]1)=N2. The van der Waals surface area contributed by atoms with E-state index in [4.69, 9.17) is 4.55 Å². The second kappa shape index (κ2) is 8.63. The molecule has 28 heavy (non-hydrogen) atoms. The van der Waals surface area contributed by atoms with Gasteiger partial charge in [0.1, 0.15) is 9.84 Å². The first kappa shape index (κ1) is 21.7. The molecule has 150 valence electrons. The molecule has 4 rings (SSSR count). The monoisotopic (exact) mass is 423 g/mol. The van der Waals surface area contributed by atoms with Gasteiger partial charge in [-0.05, 0) is 23.8 Å². The van der Waals surface area contributed by atoms with E-state index in [1.165, 1.54) is 5.56 Å². The molecule has 0 fully saturated rings. The second-order valence-corrected chi connectivity index (χ2v) is 10.1. The Labute approximate surface area is 164 Å². The molecule has 1 aliphatic rings. The van der Waals surface area contributed by atoms with Crippen LogP contribution in [-0.2, 0) is 26.4 Å². The topological polar surface area (TPSA) is 130 Å². The Kier molecular flexibility index (Phi) is 6.70. The number of nitrogens with one attached hydrogen (secondary N) is 1. The minimum absolute atomic E-state index is 0.715. The van der Waals surface area contributed by atoms with Gasteiger partial charge >= 0.3 is 0 Å². The lowest BCUT2D eigenvalue weighted by atomic mass is 10.1. The highest BCUT2D eigenvalue weighted by Gasteiger charge is 2.17. The van der Waals surface area contributed by atoms with Crippen molar-refractivity contribution in [2.24, 2.45) is 4.99 Å². The summed E-state index contributed by atoms with van der Waals surface area (Å²) < 4.78 is 45.1. The molecule has 0 unspecified atom stereocenters. The van der Waals surface area contributed by atoms with E-state index in [1.807, 2.05) is 36.4 Å². The third kappa shape index (κ3) is 7.59. The maximum absolute atomic E-state index is 9.63. The molecule has 0 saturated heterocycles. The molecule has 0 aliphatic carbocycles. The molecule has 2 aromatic carbocycles. The van der Waals surface area contributed by atoms with E-state index < -0.39 is 20.0 Å². The molecular formula is C18H21N3O5S2. The third-order valence-electron chi connectivity index (χ3n) is 3.27. The van der Waals surface area contributed by atoms with E-state index in [2.05, 4.69) is 27.1 Å². The molecular weight excluding hydrogens is 402 g/mol. The molecule has 2 N–H and O–H groups in total. The highest BCUT2D eigenvalue weighted by atomic mass is 32.2. The molecule has 0 spiro atoms. The summed E-state index contributed by atoms with van der Waals surface area (Å²) in [5.41, 5.74) is 5.41. The molecule has 10 heteroatoms. The van der Waals surface area contributed by atoms with Crippen LogP contribution in [0.2, 0.25) is 0 Å². The molecule has 0 atom stereocenters. The summed E-state index contributed by atoms with van der Waals surface area (Å²) in [6.45, 7) is 0. The fourth-order valence-electron chi connectivity index (χ4n) is 2.36. The van der Waals surface area contributed by atoms with Crippen LogP contribution in [0, 0.1) is 0 Å². The summed E-state index contributed by atoms with van der Waals surface area (Å²) in [7, 11) is -6.33. The van der Waals surface area contributed by atoms with Crippen LogP contribution in [0.25, 0.3) is 11.0 Å². The third-order valence-corrected chi connectivity index (χ3v) is 3.27. The minimum atomic E-state index is -3.67. The quantitative estimate of drug-likeness (QED) is 0.578. The number of hydrogen-bond acceptors (Lipinski definition) is 6. The van der Waals surface area contributed by atoms with Gasteiger partial charge < -0.3 is 4.98 Å². The molecule has 1 aromatic heterocycles. The normalized spacial score (nSPS) is 12.9. The Morgan fingerprint density at radius 2 is 1.46 bits per heavy atom. The summed E-state index contributed by atoms with van der Waals surface area (Å²) in [6, 6.07) is 16.3. The first-order chi connectivity index (χ1) is 12.9. The molecule has 0 saturated carbocycles. The minimum Gasteiger partial charge on any atom is -0.337 e. The second-order valence-electron chi connectivity index (χ2n) is 6.34. The van der Waals surface area contributed by atoms with Crippen LogP contribution in [0.5, 0.6) is 0 Å². The maximum atomic E-state index is 9.63. The standard InChI is InChI=1S/C15H11N3.C2H6O2S.CH4O3S/c1-2-6-11-10(5-1)9-14(16-11)15-17-12-7-3-4-8-13(12)18-15;2*1-5(2,3)4/h1-8H,9H2,(H,17,18);1-2H3;1H3,(H,2,3,4). The van der Waals surface area contributed by atoms with Crippen LogP contribution >= 0.6 is 0 Å². The number of sulfone groups is 1. The fraction of sp³-hybridized carbons (Fsp3) is 0.222. The number of H-pyrrole nitrogens is 1. The van der Waals surface area contributed by atoms with Gasteiger partial charge in [-0.3, -0.25) is 4.55 Å². The van der Waals surface area contributed by atoms with Crippen molar-refractivity contribution in [3.05, 3.63) is 59.9 Å².